The molecule has 1 atom stereocenters. The minimum Gasteiger partial charge on any atom is -0.225 e. The summed E-state index contributed by atoms with van der Waals surface area (Å²) in [6.45, 7) is 4.11. The normalized spacial score (nSPS) is 13.0. The van der Waals surface area contributed by atoms with Gasteiger partial charge >= 0.3 is 0 Å². The first-order chi connectivity index (χ1) is 5.24. The van der Waals surface area contributed by atoms with Crippen LogP contribution in [0.1, 0.15) is 31.9 Å². The Morgan fingerprint density at radius 3 is 2.82 bits per heavy atom. The summed E-state index contributed by atoms with van der Waals surface area (Å²) in [6.07, 6.45) is 0.996. The Morgan fingerprint density at radius 2 is 2.27 bits per heavy atom. The molecule has 60 valence electrons. The van der Waals surface area contributed by atoms with Crippen molar-refractivity contribution < 1.29 is 4.39 Å². The second-order valence-electron chi connectivity index (χ2n) is 2.69. The zero-order chi connectivity index (χ0) is 8.27. The fourth-order valence-corrected chi connectivity index (χ4v) is 0.908. The molecule has 0 amide bonds. The molecular formula is C9H12FN. The van der Waals surface area contributed by atoms with E-state index in [0.717, 1.165) is 12.1 Å². The van der Waals surface area contributed by atoms with Gasteiger partial charge in [-0.25, -0.2) is 4.98 Å². The average molecular weight is 153 g/mol. The van der Waals surface area contributed by atoms with Crippen LogP contribution in [0, 0.1) is 5.95 Å². The van der Waals surface area contributed by atoms with Gasteiger partial charge < -0.3 is 0 Å². The molecule has 0 radical (unpaired) electrons. The Hall–Kier alpha value is -0.920. The highest BCUT2D eigenvalue weighted by Crippen LogP contribution is 2.15. The SMILES string of the molecule is CCC(C)c1cccc(F)n1. The van der Waals surface area contributed by atoms with Gasteiger partial charge in [0.05, 0.1) is 0 Å². The first kappa shape index (κ1) is 8.18. The highest BCUT2D eigenvalue weighted by atomic mass is 19.1. The summed E-state index contributed by atoms with van der Waals surface area (Å²) in [5, 5.41) is 0. The predicted molar refractivity (Wildman–Crippen MR) is 42.9 cm³/mol. The minimum absolute atomic E-state index is 0.352. The van der Waals surface area contributed by atoms with E-state index in [0.29, 0.717) is 5.92 Å². The molecule has 1 unspecified atom stereocenters. The van der Waals surface area contributed by atoms with E-state index in [2.05, 4.69) is 11.9 Å². The number of pyridine rings is 1. The summed E-state index contributed by atoms with van der Waals surface area (Å²) in [5.41, 5.74) is 0.840. The third-order valence-electron chi connectivity index (χ3n) is 1.85. The van der Waals surface area contributed by atoms with Crippen molar-refractivity contribution >= 4 is 0 Å². The molecule has 1 nitrogen and oxygen atoms in total. The van der Waals surface area contributed by atoms with Crippen LogP contribution >= 0.6 is 0 Å². The molecule has 0 spiro atoms. The van der Waals surface area contributed by atoms with Crippen molar-refractivity contribution in [2.24, 2.45) is 0 Å². The van der Waals surface area contributed by atoms with E-state index in [1.165, 1.54) is 6.07 Å². The van der Waals surface area contributed by atoms with Crippen molar-refractivity contribution in [3.63, 3.8) is 0 Å². The lowest BCUT2D eigenvalue weighted by atomic mass is 10.1. The molecule has 0 N–H and O–H groups in total. The van der Waals surface area contributed by atoms with E-state index in [1.807, 2.05) is 13.0 Å². The van der Waals surface area contributed by atoms with Crippen LogP contribution in [-0.2, 0) is 0 Å². The van der Waals surface area contributed by atoms with Crippen LogP contribution < -0.4 is 0 Å². The summed E-state index contributed by atoms with van der Waals surface area (Å²) in [7, 11) is 0. The maximum atomic E-state index is 12.6. The molecule has 0 aliphatic carbocycles. The molecule has 11 heavy (non-hydrogen) atoms. The minimum atomic E-state index is -0.386. The van der Waals surface area contributed by atoms with Crippen molar-refractivity contribution in [1.29, 1.82) is 0 Å². The van der Waals surface area contributed by atoms with Crippen LogP contribution in [0.3, 0.4) is 0 Å². The Balaban J connectivity index is 2.86. The molecule has 0 bridgehead atoms. The molecular weight excluding hydrogens is 141 g/mol. The fraction of sp³-hybridized carbons (Fsp3) is 0.444. The van der Waals surface area contributed by atoms with Crippen LogP contribution in [0.15, 0.2) is 18.2 Å². The molecule has 1 rings (SSSR count). The average Bonchev–Trinajstić information content (AvgIpc) is 2.03. The van der Waals surface area contributed by atoms with E-state index in [9.17, 15) is 4.39 Å². The van der Waals surface area contributed by atoms with E-state index in [1.54, 1.807) is 6.07 Å². The van der Waals surface area contributed by atoms with Crippen molar-refractivity contribution in [2.45, 2.75) is 26.2 Å². The maximum absolute atomic E-state index is 12.6. The van der Waals surface area contributed by atoms with Crippen molar-refractivity contribution in [3.05, 3.63) is 29.8 Å². The van der Waals surface area contributed by atoms with Gasteiger partial charge in [0.2, 0.25) is 5.95 Å². The van der Waals surface area contributed by atoms with Gasteiger partial charge in [0.1, 0.15) is 0 Å². The van der Waals surface area contributed by atoms with Gasteiger partial charge in [-0.3, -0.25) is 0 Å². The smallest absolute Gasteiger partial charge is 0.213 e. The largest absolute Gasteiger partial charge is 0.225 e. The second kappa shape index (κ2) is 3.46. The molecule has 0 aliphatic heterocycles. The van der Waals surface area contributed by atoms with E-state index < -0.39 is 0 Å². The maximum Gasteiger partial charge on any atom is 0.213 e. The number of rotatable bonds is 2. The number of aromatic nitrogens is 1. The van der Waals surface area contributed by atoms with Gasteiger partial charge in [-0.15, -0.1) is 0 Å². The number of hydrogen-bond acceptors (Lipinski definition) is 1. The molecule has 0 aliphatic rings. The summed E-state index contributed by atoms with van der Waals surface area (Å²) in [5.74, 6) is -0.0338. The third kappa shape index (κ3) is 2.00. The van der Waals surface area contributed by atoms with Crippen LogP contribution in [0.25, 0.3) is 0 Å². The quantitative estimate of drug-likeness (QED) is 0.595. The zero-order valence-electron chi connectivity index (χ0n) is 6.84. The van der Waals surface area contributed by atoms with Crippen LogP contribution in [0.5, 0.6) is 0 Å². The van der Waals surface area contributed by atoms with Gasteiger partial charge in [-0.05, 0) is 24.5 Å². The van der Waals surface area contributed by atoms with Crippen molar-refractivity contribution in [1.82, 2.24) is 4.98 Å². The lowest BCUT2D eigenvalue weighted by molar-refractivity contribution is 0.565. The molecule has 0 saturated heterocycles. The van der Waals surface area contributed by atoms with Gasteiger partial charge in [-0.1, -0.05) is 19.9 Å². The molecule has 0 fully saturated rings. The Bertz CT molecular complexity index is 235. The fourth-order valence-electron chi connectivity index (χ4n) is 0.908. The van der Waals surface area contributed by atoms with Gasteiger partial charge in [-0.2, -0.15) is 4.39 Å². The summed E-state index contributed by atoms with van der Waals surface area (Å²) < 4.78 is 12.6. The molecule has 1 aromatic rings. The van der Waals surface area contributed by atoms with Gasteiger partial charge in [0.15, 0.2) is 0 Å². The van der Waals surface area contributed by atoms with Crippen LogP contribution in [-0.4, -0.2) is 4.98 Å². The van der Waals surface area contributed by atoms with Crippen molar-refractivity contribution in [2.75, 3.05) is 0 Å². The Kier molecular flexibility index (Phi) is 2.58. The van der Waals surface area contributed by atoms with E-state index in [-0.39, 0.29) is 5.95 Å². The standard InChI is InChI=1S/C9H12FN/c1-3-7(2)8-5-4-6-9(10)11-8/h4-7H,3H2,1-2H3. The Morgan fingerprint density at radius 1 is 1.55 bits per heavy atom. The van der Waals surface area contributed by atoms with Crippen LogP contribution in [0.2, 0.25) is 0 Å². The summed E-state index contributed by atoms with van der Waals surface area (Å²) >= 11 is 0. The third-order valence-corrected chi connectivity index (χ3v) is 1.85. The Labute approximate surface area is 66.3 Å². The molecule has 0 saturated carbocycles. The lowest BCUT2D eigenvalue weighted by Crippen LogP contribution is -1.96. The predicted octanol–water partition coefficient (Wildman–Crippen LogP) is 2.73. The highest BCUT2D eigenvalue weighted by Gasteiger charge is 2.03. The molecule has 1 heterocycles. The van der Waals surface area contributed by atoms with Crippen LogP contribution in [0.4, 0.5) is 4.39 Å². The topological polar surface area (TPSA) is 12.9 Å². The second-order valence-corrected chi connectivity index (χ2v) is 2.69. The van der Waals surface area contributed by atoms with Crippen molar-refractivity contribution in [3.8, 4) is 0 Å². The van der Waals surface area contributed by atoms with Gasteiger partial charge in [0.25, 0.3) is 0 Å². The monoisotopic (exact) mass is 153 g/mol. The molecule has 2 heteroatoms. The number of halogens is 1. The lowest BCUT2D eigenvalue weighted by Gasteiger charge is -2.06. The molecule has 0 aromatic carbocycles. The molecule has 1 aromatic heterocycles. The summed E-state index contributed by atoms with van der Waals surface area (Å²) in [6, 6.07) is 4.92. The van der Waals surface area contributed by atoms with E-state index >= 15 is 0 Å². The van der Waals surface area contributed by atoms with Gasteiger partial charge in [0, 0.05) is 5.69 Å². The zero-order valence-corrected chi connectivity index (χ0v) is 6.84. The first-order valence-corrected chi connectivity index (χ1v) is 3.86. The number of nitrogens with zero attached hydrogens (tertiary/aromatic N) is 1. The highest BCUT2D eigenvalue weighted by molar-refractivity contribution is 5.08. The number of hydrogen-bond donors (Lipinski definition) is 0. The van der Waals surface area contributed by atoms with E-state index in [4.69, 9.17) is 0 Å². The first-order valence-electron chi connectivity index (χ1n) is 3.86. The summed E-state index contributed by atoms with van der Waals surface area (Å²) in [4.78, 5) is 3.78.